The van der Waals surface area contributed by atoms with Crippen molar-refractivity contribution in [1.82, 2.24) is 10.2 Å². The number of methoxy groups -OCH3 is 1. The molecule has 2 aliphatic heterocycles. The van der Waals surface area contributed by atoms with E-state index in [0.29, 0.717) is 0 Å². The summed E-state index contributed by atoms with van der Waals surface area (Å²) in [6.45, 7) is 0.597. The van der Waals surface area contributed by atoms with Crippen LogP contribution in [0, 0.1) is 5.41 Å². The predicted octanol–water partition coefficient (Wildman–Crippen LogP) is -4.03. The number of hydrogen-bond acceptors (Lipinski definition) is 9. The van der Waals surface area contributed by atoms with E-state index in [-0.39, 0.29) is 60.8 Å². The van der Waals surface area contributed by atoms with Crippen molar-refractivity contribution in [3.05, 3.63) is 22.4 Å². The number of esters is 1. The Morgan fingerprint density at radius 1 is 1.41 bits per heavy atom. The Bertz CT molecular complexity index is 806. The number of fused-ring (bicyclic) bond motifs is 1. The van der Waals surface area contributed by atoms with Crippen LogP contribution >= 0.6 is 23.1 Å². The molecular weight excluding hydrogens is 431 g/mol. The number of rotatable bonds is 7. The smallest absolute Gasteiger partial charge is 0.549 e. The quantitative estimate of drug-likeness (QED) is 0.193. The molecule has 2 unspecified atom stereocenters. The Labute approximate surface area is 197 Å². The second-order valence-corrected chi connectivity index (χ2v) is 8.79. The molecule has 2 aliphatic rings. The Balaban J connectivity index is 0.00000300. The number of carboxylic acid groups (broad SMARTS) is 1. The zero-order valence-electron chi connectivity index (χ0n) is 16.3. The number of hydrogen-bond donors (Lipinski definition) is 1. The summed E-state index contributed by atoms with van der Waals surface area (Å²) in [6, 6.07) is 3.65. The van der Waals surface area contributed by atoms with Gasteiger partial charge in [-0.15, -0.1) is 23.1 Å². The number of thioether (sulfide) groups is 1. The molecule has 3 heterocycles. The summed E-state index contributed by atoms with van der Waals surface area (Å²) in [5, 5.41) is 15.6. The van der Waals surface area contributed by atoms with Crippen LogP contribution in [-0.4, -0.2) is 65.8 Å². The van der Waals surface area contributed by atoms with E-state index in [1.165, 1.54) is 30.3 Å². The topological polar surface area (TPSA) is 125 Å². The molecule has 0 bridgehead atoms. The van der Waals surface area contributed by atoms with Gasteiger partial charge in [-0.25, -0.2) is 0 Å². The summed E-state index contributed by atoms with van der Waals surface area (Å²) < 4.78 is 10.3. The Hall–Kier alpha value is -1.11. The number of carboxylic acids is 1. The van der Waals surface area contributed by atoms with Crippen LogP contribution in [0.25, 0.3) is 0 Å². The fraction of sp³-hybridized carbons (Fsp3) is 0.529. The minimum absolute atomic E-state index is 0. The average molecular weight is 450 g/mol. The molecule has 0 saturated carbocycles. The first-order valence-electron chi connectivity index (χ1n) is 8.40. The normalized spacial score (nSPS) is 27.9. The predicted molar refractivity (Wildman–Crippen MR) is 97.9 cm³/mol. The van der Waals surface area contributed by atoms with Gasteiger partial charge in [0.2, 0.25) is 5.91 Å². The molecule has 1 aromatic heterocycles. The maximum absolute atomic E-state index is 12.8. The largest absolute Gasteiger partial charge is 1.00 e. The number of nitrogens with zero attached hydrogens (tertiary/aromatic N) is 1. The van der Waals surface area contributed by atoms with Gasteiger partial charge in [-0.3, -0.25) is 14.4 Å². The van der Waals surface area contributed by atoms with Crippen LogP contribution in [0.3, 0.4) is 0 Å². The molecule has 2 saturated heterocycles. The minimum atomic E-state index is -1.54. The van der Waals surface area contributed by atoms with Crippen molar-refractivity contribution < 1.29 is 63.3 Å². The van der Waals surface area contributed by atoms with Crippen molar-refractivity contribution in [2.45, 2.75) is 24.4 Å². The van der Waals surface area contributed by atoms with Crippen LogP contribution in [0.15, 0.2) is 17.5 Å². The van der Waals surface area contributed by atoms with Gasteiger partial charge in [0, 0.05) is 31.2 Å². The molecule has 3 rings (SSSR count). The van der Waals surface area contributed by atoms with E-state index in [4.69, 9.17) is 9.47 Å². The van der Waals surface area contributed by atoms with Crippen LogP contribution in [-0.2, 0) is 35.1 Å². The number of carbonyl (C=O) groups is 4. The monoisotopic (exact) mass is 450 g/mol. The van der Waals surface area contributed by atoms with Gasteiger partial charge >= 0.3 is 35.5 Å². The van der Waals surface area contributed by atoms with E-state index in [0.717, 1.165) is 16.6 Å². The first kappa shape index (κ1) is 24.2. The summed E-state index contributed by atoms with van der Waals surface area (Å²) in [5.41, 5.74) is -3.05. The van der Waals surface area contributed by atoms with E-state index in [9.17, 15) is 24.3 Å². The number of carbonyl (C=O) groups excluding carboxylic acids is 4. The third-order valence-corrected chi connectivity index (χ3v) is 7.24. The maximum Gasteiger partial charge on any atom is 1.00 e. The molecule has 29 heavy (non-hydrogen) atoms. The van der Waals surface area contributed by atoms with E-state index >= 15 is 0 Å². The number of nitrogens with one attached hydrogen (secondary N) is 1. The Morgan fingerprint density at radius 3 is 2.69 bits per heavy atom. The number of aliphatic carboxylic acids is 1. The molecule has 2 amide bonds. The summed E-state index contributed by atoms with van der Waals surface area (Å²) in [5.74, 6) is -2.88. The van der Waals surface area contributed by atoms with Gasteiger partial charge in [0.25, 0.3) is 11.6 Å². The average Bonchev–Trinajstić information content (AvgIpc) is 3.16. The molecule has 12 heteroatoms. The third kappa shape index (κ3) is 4.49. The molecule has 0 spiro atoms. The molecule has 0 radical (unpaired) electrons. The molecule has 3 atom stereocenters. The van der Waals surface area contributed by atoms with Crippen LogP contribution in [0.4, 0.5) is 0 Å². The van der Waals surface area contributed by atoms with Crippen molar-refractivity contribution >= 4 is 46.9 Å². The van der Waals surface area contributed by atoms with Gasteiger partial charge in [-0.1, -0.05) is 6.07 Å². The molecule has 152 valence electrons. The molecule has 9 nitrogen and oxygen atoms in total. The first-order chi connectivity index (χ1) is 13.2. The van der Waals surface area contributed by atoms with Crippen LogP contribution < -0.4 is 40.0 Å². The van der Waals surface area contributed by atoms with Gasteiger partial charge in [-0.2, -0.15) is 0 Å². The van der Waals surface area contributed by atoms with Gasteiger partial charge < -0.3 is 29.6 Å². The molecule has 1 aromatic rings. The van der Waals surface area contributed by atoms with E-state index in [1.54, 1.807) is 0 Å². The minimum Gasteiger partial charge on any atom is -0.549 e. The summed E-state index contributed by atoms with van der Waals surface area (Å²) >= 11 is 2.57. The first-order valence-corrected chi connectivity index (χ1v) is 10.3. The molecule has 0 aromatic carbocycles. The second-order valence-electron chi connectivity index (χ2n) is 6.69. The van der Waals surface area contributed by atoms with Gasteiger partial charge in [-0.05, 0) is 11.4 Å². The zero-order valence-corrected chi connectivity index (χ0v) is 19.9. The Morgan fingerprint density at radius 2 is 2.14 bits per heavy atom. The second kappa shape index (κ2) is 9.36. The summed E-state index contributed by atoms with van der Waals surface area (Å²) in [7, 11) is 1.32. The van der Waals surface area contributed by atoms with E-state index in [2.05, 4.69) is 5.32 Å². The number of amides is 2. The van der Waals surface area contributed by atoms with Crippen molar-refractivity contribution in [3.8, 4) is 0 Å². The van der Waals surface area contributed by atoms with E-state index in [1.807, 2.05) is 17.5 Å². The fourth-order valence-corrected chi connectivity index (χ4v) is 5.55. The number of β-lactam (4-membered cyclic amide) rings is 1. The fourth-order valence-electron chi connectivity index (χ4n) is 3.24. The van der Waals surface area contributed by atoms with Crippen LogP contribution in [0.5, 0.6) is 0 Å². The summed E-state index contributed by atoms with van der Waals surface area (Å²) in [6.07, 6.45) is 0.114. The zero-order chi connectivity index (χ0) is 20.5. The maximum atomic E-state index is 12.8. The van der Waals surface area contributed by atoms with Crippen LogP contribution in [0.1, 0.15) is 11.8 Å². The van der Waals surface area contributed by atoms with Crippen LogP contribution in [0.2, 0.25) is 0 Å². The van der Waals surface area contributed by atoms with Crippen molar-refractivity contribution in [2.75, 3.05) is 26.0 Å². The van der Waals surface area contributed by atoms with Gasteiger partial charge in [0.05, 0.1) is 17.8 Å². The number of ether oxygens (including phenoxy) is 2. The molecular formula is C17H19N2NaO7S2. The number of thiophene rings is 1. The molecule has 1 N–H and O–H groups in total. The SMILES string of the molecule is COC1(NC(=O)Cc2cccs2)C(=O)N2CC(COC(C)=O)(C(=O)[O-])CS[C@@H]21.[Na+]. The van der Waals surface area contributed by atoms with Gasteiger partial charge in [0.1, 0.15) is 12.0 Å². The molecule has 0 aliphatic carbocycles. The van der Waals surface area contributed by atoms with Gasteiger partial charge in [0.15, 0.2) is 0 Å². The summed E-state index contributed by atoms with van der Waals surface area (Å²) in [4.78, 5) is 50.1. The van der Waals surface area contributed by atoms with Crippen molar-refractivity contribution in [3.63, 3.8) is 0 Å². The van der Waals surface area contributed by atoms with E-state index < -0.39 is 34.4 Å². The third-order valence-electron chi connectivity index (χ3n) is 4.75. The standard InChI is InChI=1S/C17H20N2O7S2.Na/c1-10(20)26-8-16(15(23)24)7-19-13(22)17(25-2,14(19)28-9-16)18-12(21)6-11-4-3-5-27-11;/h3-5,14H,6-9H2,1-2H3,(H,18,21)(H,23,24);/q;+1/p-1/t14-,16?,17?;/m1./s1. The van der Waals surface area contributed by atoms with Crippen molar-refractivity contribution in [2.24, 2.45) is 5.41 Å². The molecule has 2 fully saturated rings. The van der Waals surface area contributed by atoms with Crippen molar-refractivity contribution in [1.29, 1.82) is 0 Å². The Kier molecular flexibility index (Phi) is 7.80.